The average Bonchev–Trinajstić information content (AvgIpc) is 1.99. The predicted octanol–water partition coefficient (Wildman–Crippen LogP) is 0.758. The minimum Gasteiger partial charge on any atom is -0.480 e. The largest absolute Gasteiger partial charge is 0.480 e. The Morgan fingerprint density at radius 3 is 2.55 bits per heavy atom. The molecule has 0 unspecified atom stereocenters. The fourth-order valence-corrected chi connectivity index (χ4v) is 0.925. The van der Waals surface area contributed by atoms with E-state index in [0.717, 1.165) is 6.42 Å². The molecule has 0 radical (unpaired) electrons. The van der Waals surface area contributed by atoms with Crippen molar-refractivity contribution < 1.29 is 9.90 Å². The first-order valence-corrected chi connectivity index (χ1v) is 4.34. The van der Waals surface area contributed by atoms with Crippen LogP contribution in [0.25, 0.3) is 0 Å². The Morgan fingerprint density at radius 2 is 2.27 bits per heavy atom. The van der Waals surface area contributed by atoms with Gasteiger partial charge in [0.05, 0.1) is 0 Å². The molecule has 0 spiro atoms. The molecule has 0 aliphatic carbocycles. The first kappa shape index (κ1) is 10.8. The maximum absolute atomic E-state index is 10.5. The van der Waals surface area contributed by atoms with Crippen molar-refractivity contribution in [2.24, 2.45) is 0 Å². The lowest BCUT2D eigenvalue weighted by atomic mass is 10.2. The number of aliphatic carboxylic acids is 1. The molecule has 4 heteroatoms. The van der Waals surface area contributed by atoms with E-state index in [2.05, 4.69) is 17.9 Å². The Labute approximate surface area is 72.6 Å². The smallest absolute Gasteiger partial charge is 0.321 e. The second kappa shape index (κ2) is 5.43. The fourth-order valence-electron chi connectivity index (χ4n) is 0.663. The van der Waals surface area contributed by atoms with Gasteiger partial charge in [-0.15, -0.1) is 0 Å². The molecular weight excluding hydrogens is 162 g/mol. The molecule has 0 heterocycles. The van der Waals surface area contributed by atoms with Crippen LogP contribution in [0.2, 0.25) is 0 Å². The van der Waals surface area contributed by atoms with Crippen LogP contribution in [0.15, 0.2) is 0 Å². The number of hydrogen-bond acceptors (Lipinski definition) is 3. The van der Waals surface area contributed by atoms with Crippen LogP contribution >= 0.6 is 12.6 Å². The minimum absolute atomic E-state index is 0.239. The number of thiol groups is 1. The lowest BCUT2D eigenvalue weighted by Crippen LogP contribution is -2.43. The third-order valence-electron chi connectivity index (χ3n) is 1.58. The summed E-state index contributed by atoms with van der Waals surface area (Å²) < 4.78 is 0. The average molecular weight is 177 g/mol. The first-order valence-electron chi connectivity index (χ1n) is 3.71. The molecule has 0 amide bonds. The Balaban J connectivity index is 3.77. The Morgan fingerprint density at radius 1 is 1.73 bits per heavy atom. The summed E-state index contributed by atoms with van der Waals surface area (Å²) >= 11 is 3.93. The summed E-state index contributed by atoms with van der Waals surface area (Å²) in [5.74, 6) is -0.500. The van der Waals surface area contributed by atoms with Gasteiger partial charge in [-0.1, -0.05) is 6.92 Å². The van der Waals surface area contributed by atoms with Gasteiger partial charge in [-0.3, -0.25) is 4.79 Å². The zero-order chi connectivity index (χ0) is 8.85. The highest BCUT2D eigenvalue weighted by Gasteiger charge is 2.16. The highest BCUT2D eigenvalue weighted by Crippen LogP contribution is 1.94. The molecular formula is C7H15NO2S. The lowest BCUT2D eigenvalue weighted by Gasteiger charge is -2.16. The second-order valence-electron chi connectivity index (χ2n) is 2.55. The summed E-state index contributed by atoms with van der Waals surface area (Å²) in [6.45, 7) is 3.97. The van der Waals surface area contributed by atoms with Crippen molar-refractivity contribution in [3.05, 3.63) is 0 Å². The van der Waals surface area contributed by atoms with Crippen molar-refractivity contribution in [3.8, 4) is 0 Å². The van der Waals surface area contributed by atoms with Crippen molar-refractivity contribution in [1.29, 1.82) is 0 Å². The van der Waals surface area contributed by atoms with Crippen molar-refractivity contribution in [3.63, 3.8) is 0 Å². The summed E-state index contributed by atoms with van der Waals surface area (Å²) in [6.07, 6.45) is 0.928. The van der Waals surface area contributed by atoms with Gasteiger partial charge in [0, 0.05) is 11.8 Å². The van der Waals surface area contributed by atoms with Gasteiger partial charge in [0.2, 0.25) is 0 Å². The van der Waals surface area contributed by atoms with Crippen LogP contribution in [-0.4, -0.2) is 28.9 Å². The molecule has 3 nitrogen and oxygen atoms in total. The molecule has 0 aromatic heterocycles. The minimum atomic E-state index is -0.833. The first-order chi connectivity index (χ1) is 5.11. The molecule has 2 N–H and O–H groups in total. The van der Waals surface area contributed by atoms with E-state index < -0.39 is 12.0 Å². The number of hydrogen-bond donors (Lipinski definition) is 3. The molecule has 66 valence electrons. The number of carboxylic acids is 1. The van der Waals surface area contributed by atoms with Crippen molar-refractivity contribution in [1.82, 2.24) is 5.32 Å². The molecule has 0 saturated carbocycles. The van der Waals surface area contributed by atoms with Gasteiger partial charge in [0.1, 0.15) is 6.04 Å². The zero-order valence-corrected chi connectivity index (χ0v) is 7.77. The molecule has 11 heavy (non-hydrogen) atoms. The summed E-state index contributed by atoms with van der Waals surface area (Å²) in [5.41, 5.74) is 0. The van der Waals surface area contributed by atoms with Crippen LogP contribution in [0.4, 0.5) is 0 Å². The fraction of sp³-hybridized carbons (Fsp3) is 0.857. The lowest BCUT2D eigenvalue weighted by molar-refractivity contribution is -0.139. The Bertz CT molecular complexity index is 130. The SMILES string of the molecule is CC[C@H](C)N[C@H](CS)C(=O)O. The molecule has 0 fully saturated rings. The van der Waals surface area contributed by atoms with Crippen LogP contribution in [0.5, 0.6) is 0 Å². The zero-order valence-electron chi connectivity index (χ0n) is 6.87. The topological polar surface area (TPSA) is 49.3 Å². The van der Waals surface area contributed by atoms with E-state index in [4.69, 9.17) is 5.11 Å². The molecule has 0 aliphatic rings. The van der Waals surface area contributed by atoms with Gasteiger partial charge < -0.3 is 10.4 Å². The van der Waals surface area contributed by atoms with Gasteiger partial charge in [0.15, 0.2) is 0 Å². The van der Waals surface area contributed by atoms with Gasteiger partial charge in [-0.05, 0) is 13.3 Å². The van der Waals surface area contributed by atoms with E-state index in [0.29, 0.717) is 5.75 Å². The van der Waals surface area contributed by atoms with Crippen molar-refractivity contribution in [2.75, 3.05) is 5.75 Å². The van der Waals surface area contributed by atoms with Gasteiger partial charge >= 0.3 is 5.97 Å². The van der Waals surface area contributed by atoms with E-state index >= 15 is 0 Å². The van der Waals surface area contributed by atoms with Crippen LogP contribution in [0, 0.1) is 0 Å². The van der Waals surface area contributed by atoms with Gasteiger partial charge in [-0.2, -0.15) is 12.6 Å². The number of carbonyl (C=O) groups is 1. The van der Waals surface area contributed by atoms with E-state index in [9.17, 15) is 4.79 Å². The standard InChI is InChI=1S/C7H15NO2S/c1-3-5(2)8-6(4-11)7(9)10/h5-6,8,11H,3-4H2,1-2H3,(H,9,10)/t5-,6+/m0/s1. The number of carboxylic acid groups (broad SMARTS) is 1. The van der Waals surface area contributed by atoms with E-state index in [1.165, 1.54) is 0 Å². The molecule has 2 atom stereocenters. The molecule has 0 saturated heterocycles. The van der Waals surface area contributed by atoms with Crippen LogP contribution < -0.4 is 5.32 Å². The third kappa shape index (κ3) is 4.27. The van der Waals surface area contributed by atoms with E-state index in [1.807, 2.05) is 13.8 Å². The molecule has 0 aromatic rings. The maximum Gasteiger partial charge on any atom is 0.321 e. The molecule has 0 rings (SSSR count). The number of nitrogens with one attached hydrogen (secondary N) is 1. The van der Waals surface area contributed by atoms with Crippen molar-refractivity contribution in [2.45, 2.75) is 32.4 Å². The Hall–Kier alpha value is -0.220. The summed E-state index contributed by atoms with van der Waals surface area (Å²) in [4.78, 5) is 10.5. The molecule has 0 aromatic carbocycles. The quantitative estimate of drug-likeness (QED) is 0.543. The molecule has 0 aliphatic heterocycles. The third-order valence-corrected chi connectivity index (χ3v) is 1.94. The summed E-state index contributed by atoms with van der Waals surface area (Å²) in [7, 11) is 0. The summed E-state index contributed by atoms with van der Waals surface area (Å²) in [5, 5.41) is 11.5. The second-order valence-corrected chi connectivity index (χ2v) is 2.91. The highest BCUT2D eigenvalue weighted by molar-refractivity contribution is 7.80. The van der Waals surface area contributed by atoms with E-state index in [-0.39, 0.29) is 6.04 Å². The normalized spacial score (nSPS) is 15.9. The monoisotopic (exact) mass is 177 g/mol. The van der Waals surface area contributed by atoms with Crippen molar-refractivity contribution >= 4 is 18.6 Å². The van der Waals surface area contributed by atoms with Crippen LogP contribution in [0.1, 0.15) is 20.3 Å². The van der Waals surface area contributed by atoms with E-state index in [1.54, 1.807) is 0 Å². The number of rotatable bonds is 5. The van der Waals surface area contributed by atoms with Gasteiger partial charge in [0.25, 0.3) is 0 Å². The highest BCUT2D eigenvalue weighted by atomic mass is 32.1. The van der Waals surface area contributed by atoms with Gasteiger partial charge in [-0.25, -0.2) is 0 Å². The predicted molar refractivity (Wildman–Crippen MR) is 48.2 cm³/mol. The maximum atomic E-state index is 10.5. The Kier molecular flexibility index (Phi) is 5.32. The van der Waals surface area contributed by atoms with Crippen LogP contribution in [-0.2, 0) is 4.79 Å². The molecule has 0 bridgehead atoms. The van der Waals surface area contributed by atoms with Crippen LogP contribution in [0.3, 0.4) is 0 Å². The summed E-state index contributed by atoms with van der Waals surface area (Å²) in [6, 6.07) is -0.281.